The summed E-state index contributed by atoms with van der Waals surface area (Å²) in [6, 6.07) is 20.1. The van der Waals surface area contributed by atoms with Crippen molar-refractivity contribution in [2.45, 2.75) is 24.8 Å². The molecule has 0 aliphatic carbocycles. The molecule has 0 spiro atoms. The quantitative estimate of drug-likeness (QED) is 0.629. The number of hydrogen-bond donors (Lipinski definition) is 0. The molecule has 3 heteroatoms. The molecule has 0 aromatic heterocycles. The summed E-state index contributed by atoms with van der Waals surface area (Å²) in [5.41, 5.74) is 1.61. The highest BCUT2D eigenvalue weighted by Gasteiger charge is 2.42. The zero-order chi connectivity index (χ0) is 16.1. The number of Topliss-reactive ketones (excluding diaryl/α,β-unsaturated/α-hetero) is 1. The maximum Gasteiger partial charge on any atom is 0.205 e. The van der Waals surface area contributed by atoms with Gasteiger partial charge in [-0.15, -0.1) is 0 Å². The molecule has 2 aromatic rings. The largest absolute Gasteiger partial charge is 0.299 e. The average Bonchev–Trinajstić information content (AvgIpc) is 2.63. The minimum Gasteiger partial charge on any atom is -0.299 e. The molecule has 0 unspecified atom stereocenters. The summed E-state index contributed by atoms with van der Waals surface area (Å²) in [7, 11) is 0. The van der Waals surface area contributed by atoms with Gasteiger partial charge in [0.05, 0.1) is 5.41 Å². The van der Waals surface area contributed by atoms with Gasteiger partial charge >= 0.3 is 0 Å². The Bertz CT molecular complexity index is 659. The number of carbonyl (C=O) groups is 2. The molecule has 0 atom stereocenters. The highest BCUT2D eigenvalue weighted by atomic mass is 16.2. The van der Waals surface area contributed by atoms with Gasteiger partial charge in [0, 0.05) is 6.54 Å². The molecule has 118 valence electrons. The van der Waals surface area contributed by atoms with E-state index in [-0.39, 0.29) is 5.78 Å². The van der Waals surface area contributed by atoms with Gasteiger partial charge in [-0.2, -0.15) is 0 Å². The summed E-state index contributed by atoms with van der Waals surface area (Å²) >= 11 is 0. The Hall–Kier alpha value is -2.26. The summed E-state index contributed by atoms with van der Waals surface area (Å²) in [6.07, 6.45) is 1.89. The first-order valence-corrected chi connectivity index (χ1v) is 8.06. The van der Waals surface area contributed by atoms with Gasteiger partial charge in [0.15, 0.2) is 6.29 Å². The van der Waals surface area contributed by atoms with Crippen LogP contribution in [0.3, 0.4) is 0 Å². The lowest BCUT2D eigenvalue weighted by Gasteiger charge is -2.40. The SMILES string of the molecule is O=CC(=O)C1(c2ccccc2)CCN(Cc2ccccc2)CC1. The molecule has 1 aliphatic rings. The van der Waals surface area contributed by atoms with Gasteiger partial charge in [-0.05, 0) is 37.1 Å². The van der Waals surface area contributed by atoms with E-state index >= 15 is 0 Å². The van der Waals surface area contributed by atoms with Crippen molar-refractivity contribution in [1.29, 1.82) is 0 Å². The van der Waals surface area contributed by atoms with E-state index in [1.165, 1.54) is 5.56 Å². The van der Waals surface area contributed by atoms with E-state index in [2.05, 4.69) is 17.0 Å². The highest BCUT2D eigenvalue weighted by Crippen LogP contribution is 2.36. The zero-order valence-electron chi connectivity index (χ0n) is 13.2. The van der Waals surface area contributed by atoms with Gasteiger partial charge in [-0.3, -0.25) is 14.5 Å². The maximum absolute atomic E-state index is 12.4. The van der Waals surface area contributed by atoms with E-state index in [1.807, 2.05) is 48.5 Å². The maximum atomic E-state index is 12.4. The fourth-order valence-electron chi connectivity index (χ4n) is 3.48. The number of ketones is 1. The van der Waals surface area contributed by atoms with Crippen LogP contribution >= 0.6 is 0 Å². The van der Waals surface area contributed by atoms with Crippen molar-refractivity contribution >= 4 is 12.1 Å². The second kappa shape index (κ2) is 6.88. The molecule has 1 saturated heterocycles. The minimum atomic E-state index is -0.643. The zero-order valence-corrected chi connectivity index (χ0v) is 13.2. The van der Waals surface area contributed by atoms with Gasteiger partial charge in [0.1, 0.15) is 0 Å². The van der Waals surface area contributed by atoms with Gasteiger partial charge in [0.2, 0.25) is 5.78 Å². The molecule has 2 aromatic carbocycles. The number of aldehydes is 1. The number of benzene rings is 2. The molecule has 1 heterocycles. The number of piperidine rings is 1. The minimum absolute atomic E-state index is 0.289. The first kappa shape index (κ1) is 15.6. The van der Waals surface area contributed by atoms with Crippen LogP contribution in [0.25, 0.3) is 0 Å². The smallest absolute Gasteiger partial charge is 0.205 e. The lowest BCUT2D eigenvalue weighted by Crippen LogP contribution is -2.47. The van der Waals surface area contributed by atoms with Crippen molar-refractivity contribution in [2.24, 2.45) is 0 Å². The Morgan fingerprint density at radius 3 is 2.09 bits per heavy atom. The van der Waals surface area contributed by atoms with Crippen LogP contribution in [0.1, 0.15) is 24.0 Å². The summed E-state index contributed by atoms with van der Waals surface area (Å²) in [5, 5.41) is 0. The molecule has 0 amide bonds. The molecular weight excluding hydrogens is 286 g/mol. The molecule has 0 bridgehead atoms. The van der Waals surface area contributed by atoms with E-state index in [0.29, 0.717) is 19.1 Å². The van der Waals surface area contributed by atoms with Crippen molar-refractivity contribution in [2.75, 3.05) is 13.1 Å². The van der Waals surface area contributed by atoms with Crippen molar-refractivity contribution in [1.82, 2.24) is 4.90 Å². The second-order valence-corrected chi connectivity index (χ2v) is 6.19. The molecular formula is C20H21NO2. The summed E-state index contributed by atoms with van der Waals surface area (Å²) in [5.74, 6) is -0.289. The van der Waals surface area contributed by atoms with Crippen LogP contribution in [-0.2, 0) is 21.5 Å². The Balaban J connectivity index is 1.76. The van der Waals surface area contributed by atoms with Gasteiger partial charge in [-0.1, -0.05) is 60.7 Å². The Morgan fingerprint density at radius 2 is 1.52 bits per heavy atom. The van der Waals surface area contributed by atoms with Crippen molar-refractivity contribution in [3.8, 4) is 0 Å². The normalized spacial score (nSPS) is 17.6. The van der Waals surface area contributed by atoms with Crippen LogP contribution < -0.4 is 0 Å². The summed E-state index contributed by atoms with van der Waals surface area (Å²) < 4.78 is 0. The van der Waals surface area contributed by atoms with Crippen LogP contribution in [0, 0.1) is 0 Å². The third-order valence-corrected chi connectivity index (χ3v) is 4.86. The van der Waals surface area contributed by atoms with Crippen LogP contribution in [0.5, 0.6) is 0 Å². The number of rotatable bonds is 5. The fraction of sp³-hybridized carbons (Fsp3) is 0.300. The molecule has 1 aliphatic heterocycles. The topological polar surface area (TPSA) is 37.4 Å². The van der Waals surface area contributed by atoms with Crippen LogP contribution in [0.2, 0.25) is 0 Å². The third kappa shape index (κ3) is 3.25. The Kier molecular flexibility index (Phi) is 4.68. The lowest BCUT2D eigenvalue weighted by molar-refractivity contribution is -0.135. The van der Waals surface area contributed by atoms with Crippen LogP contribution in [0.15, 0.2) is 60.7 Å². The van der Waals surface area contributed by atoms with Gasteiger partial charge in [0.25, 0.3) is 0 Å². The molecule has 0 saturated carbocycles. The monoisotopic (exact) mass is 307 g/mol. The second-order valence-electron chi connectivity index (χ2n) is 6.19. The van der Waals surface area contributed by atoms with E-state index in [0.717, 1.165) is 25.2 Å². The van der Waals surface area contributed by atoms with E-state index in [1.54, 1.807) is 0 Å². The molecule has 3 nitrogen and oxygen atoms in total. The molecule has 0 N–H and O–H groups in total. The third-order valence-electron chi connectivity index (χ3n) is 4.86. The average molecular weight is 307 g/mol. The van der Waals surface area contributed by atoms with Crippen molar-refractivity contribution in [3.63, 3.8) is 0 Å². The molecule has 0 radical (unpaired) electrons. The van der Waals surface area contributed by atoms with Gasteiger partial charge in [-0.25, -0.2) is 0 Å². The number of carbonyl (C=O) groups excluding carboxylic acids is 2. The van der Waals surface area contributed by atoms with Crippen molar-refractivity contribution in [3.05, 3.63) is 71.8 Å². The number of likely N-dealkylation sites (tertiary alicyclic amines) is 1. The Labute approximate surface area is 136 Å². The van der Waals surface area contributed by atoms with Crippen LogP contribution in [0.4, 0.5) is 0 Å². The van der Waals surface area contributed by atoms with E-state index in [9.17, 15) is 9.59 Å². The molecule has 1 fully saturated rings. The summed E-state index contributed by atoms with van der Waals surface area (Å²) in [6.45, 7) is 2.54. The van der Waals surface area contributed by atoms with Gasteiger partial charge < -0.3 is 0 Å². The predicted molar refractivity (Wildman–Crippen MR) is 90.1 cm³/mol. The van der Waals surface area contributed by atoms with Crippen LogP contribution in [-0.4, -0.2) is 30.1 Å². The summed E-state index contributed by atoms with van der Waals surface area (Å²) in [4.78, 5) is 25.9. The first-order chi connectivity index (χ1) is 11.2. The van der Waals surface area contributed by atoms with Crippen molar-refractivity contribution < 1.29 is 9.59 Å². The lowest BCUT2D eigenvalue weighted by atomic mass is 9.70. The fourth-order valence-corrected chi connectivity index (χ4v) is 3.48. The number of nitrogens with zero attached hydrogens (tertiary/aromatic N) is 1. The highest BCUT2D eigenvalue weighted by molar-refractivity contribution is 6.29. The molecule has 23 heavy (non-hydrogen) atoms. The number of hydrogen-bond acceptors (Lipinski definition) is 3. The first-order valence-electron chi connectivity index (χ1n) is 8.06. The molecule has 3 rings (SSSR count). The van der Waals surface area contributed by atoms with E-state index < -0.39 is 5.41 Å². The standard InChI is InChI=1S/C20H21NO2/c22-16-19(23)20(18-9-5-2-6-10-18)11-13-21(14-12-20)15-17-7-3-1-4-8-17/h1-10,16H,11-15H2. The Morgan fingerprint density at radius 1 is 0.957 bits per heavy atom. The van der Waals surface area contributed by atoms with E-state index in [4.69, 9.17) is 0 Å². The predicted octanol–water partition coefficient (Wildman–Crippen LogP) is 2.99.